The number of likely N-dealkylation sites (tertiary alicyclic amines) is 1. The molecule has 4 rings (SSSR count). The van der Waals surface area contributed by atoms with Gasteiger partial charge in [-0.15, -0.1) is 23.7 Å². The summed E-state index contributed by atoms with van der Waals surface area (Å²) in [5.74, 6) is 0.576. The van der Waals surface area contributed by atoms with E-state index >= 15 is 0 Å². The molecule has 2 heterocycles. The van der Waals surface area contributed by atoms with E-state index in [0.29, 0.717) is 12.5 Å². The molecule has 0 radical (unpaired) electrons. The fraction of sp³-hybridized carbons (Fsp3) is 0.300. The number of piperidine rings is 1. The quantitative estimate of drug-likeness (QED) is 0.732. The molecular weight excluding hydrogens is 366 g/mol. The first-order valence-electron chi connectivity index (χ1n) is 8.68. The average Bonchev–Trinajstić information content (AvgIpc) is 3.12. The minimum Gasteiger partial charge on any atom is -0.339 e. The number of nitrogens with two attached hydrogens (primary N) is 1. The Kier molecular flexibility index (Phi) is 5.91. The Bertz CT molecular complexity index is 852. The van der Waals surface area contributed by atoms with E-state index in [1.165, 1.54) is 9.71 Å². The monoisotopic (exact) mass is 387 g/mol. The molecule has 3 aromatic rings. The van der Waals surface area contributed by atoms with Crippen molar-refractivity contribution in [2.24, 2.45) is 5.73 Å². The Morgan fingerprint density at radius 1 is 1.12 bits per heavy atom. The standard InChI is InChI=1S/C20H21N3OS.ClH/c21-13-14-5-7-16(8-6-14)20(24)23-11-9-15(10-12-23)19-22-17-3-1-2-4-18(17)25-19;/h1-8,15H,9-13,21H2;1H. The number of para-hydroxylation sites is 1. The van der Waals surface area contributed by atoms with E-state index in [0.717, 1.165) is 42.6 Å². The smallest absolute Gasteiger partial charge is 0.253 e. The number of amides is 1. The third kappa shape index (κ3) is 3.75. The van der Waals surface area contributed by atoms with Crippen molar-refractivity contribution in [3.8, 4) is 0 Å². The van der Waals surface area contributed by atoms with Crippen LogP contribution in [-0.2, 0) is 6.54 Å². The lowest BCUT2D eigenvalue weighted by Crippen LogP contribution is -2.37. The fourth-order valence-corrected chi connectivity index (χ4v) is 4.50. The molecule has 136 valence electrons. The summed E-state index contributed by atoms with van der Waals surface area (Å²) in [5, 5.41) is 1.21. The van der Waals surface area contributed by atoms with Gasteiger partial charge in [-0.1, -0.05) is 24.3 Å². The number of halogens is 1. The van der Waals surface area contributed by atoms with E-state index < -0.39 is 0 Å². The van der Waals surface area contributed by atoms with Crippen LogP contribution in [0.1, 0.15) is 39.7 Å². The molecule has 0 bridgehead atoms. The maximum absolute atomic E-state index is 12.7. The molecule has 0 unspecified atom stereocenters. The molecule has 6 heteroatoms. The largest absolute Gasteiger partial charge is 0.339 e. The summed E-state index contributed by atoms with van der Waals surface area (Å²) in [6, 6.07) is 15.9. The van der Waals surface area contributed by atoms with Gasteiger partial charge in [-0.25, -0.2) is 4.98 Å². The number of benzene rings is 2. The van der Waals surface area contributed by atoms with E-state index in [1.807, 2.05) is 35.2 Å². The summed E-state index contributed by atoms with van der Waals surface area (Å²) in [5.41, 5.74) is 8.49. The first-order chi connectivity index (χ1) is 12.2. The van der Waals surface area contributed by atoms with Crippen LogP contribution in [0.4, 0.5) is 0 Å². The second-order valence-electron chi connectivity index (χ2n) is 6.49. The third-order valence-electron chi connectivity index (χ3n) is 4.88. The molecule has 0 aliphatic carbocycles. The van der Waals surface area contributed by atoms with E-state index in [9.17, 15) is 4.79 Å². The number of hydrogen-bond acceptors (Lipinski definition) is 4. The number of thiazole rings is 1. The van der Waals surface area contributed by atoms with Gasteiger partial charge in [-0.05, 0) is 42.7 Å². The van der Waals surface area contributed by atoms with Gasteiger partial charge < -0.3 is 10.6 Å². The summed E-state index contributed by atoms with van der Waals surface area (Å²) in [7, 11) is 0. The molecule has 1 amide bonds. The Balaban J connectivity index is 0.00000196. The predicted octanol–water partition coefficient (Wildman–Crippen LogP) is 4.20. The Hall–Kier alpha value is -1.95. The number of nitrogens with zero attached hydrogens (tertiary/aromatic N) is 2. The van der Waals surface area contributed by atoms with Crippen molar-refractivity contribution in [3.05, 3.63) is 64.7 Å². The van der Waals surface area contributed by atoms with Crippen LogP contribution < -0.4 is 5.73 Å². The van der Waals surface area contributed by atoms with Crippen molar-refractivity contribution < 1.29 is 4.79 Å². The normalized spacial score (nSPS) is 15.0. The summed E-state index contributed by atoms with van der Waals surface area (Å²) in [4.78, 5) is 19.4. The van der Waals surface area contributed by atoms with Gasteiger partial charge in [0.15, 0.2) is 0 Å². The lowest BCUT2D eigenvalue weighted by atomic mass is 9.97. The maximum atomic E-state index is 12.7. The highest BCUT2D eigenvalue weighted by atomic mass is 35.5. The van der Waals surface area contributed by atoms with Crippen LogP contribution >= 0.6 is 23.7 Å². The number of fused-ring (bicyclic) bond motifs is 1. The average molecular weight is 388 g/mol. The fourth-order valence-electron chi connectivity index (χ4n) is 3.36. The van der Waals surface area contributed by atoms with Crippen molar-refractivity contribution in [1.29, 1.82) is 0 Å². The van der Waals surface area contributed by atoms with Gasteiger partial charge in [0.1, 0.15) is 0 Å². The van der Waals surface area contributed by atoms with Gasteiger partial charge in [0, 0.05) is 31.1 Å². The van der Waals surface area contributed by atoms with E-state index in [2.05, 4.69) is 18.2 Å². The van der Waals surface area contributed by atoms with Gasteiger partial charge in [0.25, 0.3) is 5.91 Å². The predicted molar refractivity (Wildman–Crippen MR) is 109 cm³/mol. The highest BCUT2D eigenvalue weighted by molar-refractivity contribution is 7.18. The highest BCUT2D eigenvalue weighted by Crippen LogP contribution is 2.34. The Morgan fingerprint density at radius 3 is 2.46 bits per heavy atom. The SMILES string of the molecule is Cl.NCc1ccc(C(=O)N2CCC(c3nc4ccccc4s3)CC2)cc1. The number of hydrogen-bond donors (Lipinski definition) is 1. The van der Waals surface area contributed by atoms with Crippen LogP contribution in [0.5, 0.6) is 0 Å². The highest BCUT2D eigenvalue weighted by Gasteiger charge is 2.26. The Morgan fingerprint density at radius 2 is 1.81 bits per heavy atom. The topological polar surface area (TPSA) is 59.2 Å². The number of carbonyl (C=O) groups is 1. The molecule has 1 saturated heterocycles. The minimum atomic E-state index is 0. The molecule has 1 aliphatic heterocycles. The molecule has 2 aromatic carbocycles. The maximum Gasteiger partial charge on any atom is 0.253 e. The van der Waals surface area contributed by atoms with Crippen LogP contribution in [0.3, 0.4) is 0 Å². The van der Waals surface area contributed by atoms with Gasteiger partial charge in [0.2, 0.25) is 0 Å². The van der Waals surface area contributed by atoms with Crippen molar-refractivity contribution >= 4 is 39.9 Å². The summed E-state index contributed by atoms with van der Waals surface area (Å²) < 4.78 is 1.25. The molecule has 0 spiro atoms. The van der Waals surface area contributed by atoms with Gasteiger partial charge in [-0.2, -0.15) is 0 Å². The summed E-state index contributed by atoms with van der Waals surface area (Å²) >= 11 is 1.79. The summed E-state index contributed by atoms with van der Waals surface area (Å²) in [6.45, 7) is 2.08. The van der Waals surface area contributed by atoms with Gasteiger partial charge >= 0.3 is 0 Å². The van der Waals surface area contributed by atoms with Gasteiger partial charge in [-0.3, -0.25) is 4.79 Å². The van der Waals surface area contributed by atoms with E-state index in [-0.39, 0.29) is 18.3 Å². The molecule has 1 fully saturated rings. The van der Waals surface area contributed by atoms with Crippen LogP contribution in [-0.4, -0.2) is 28.9 Å². The van der Waals surface area contributed by atoms with Crippen molar-refractivity contribution in [2.45, 2.75) is 25.3 Å². The molecule has 26 heavy (non-hydrogen) atoms. The van der Waals surface area contributed by atoms with E-state index in [1.54, 1.807) is 11.3 Å². The first kappa shape index (κ1) is 18.8. The number of rotatable bonds is 3. The molecule has 2 N–H and O–H groups in total. The van der Waals surface area contributed by atoms with Gasteiger partial charge in [0.05, 0.1) is 15.2 Å². The van der Waals surface area contributed by atoms with Crippen molar-refractivity contribution in [1.82, 2.24) is 9.88 Å². The second kappa shape index (κ2) is 8.16. The van der Waals surface area contributed by atoms with Crippen molar-refractivity contribution in [3.63, 3.8) is 0 Å². The molecule has 4 nitrogen and oxygen atoms in total. The molecule has 0 atom stereocenters. The minimum absolute atomic E-state index is 0. The zero-order valence-corrected chi connectivity index (χ0v) is 16.1. The number of aromatic nitrogens is 1. The zero-order chi connectivity index (χ0) is 17.2. The van der Waals surface area contributed by atoms with Crippen LogP contribution in [0.15, 0.2) is 48.5 Å². The molecule has 1 aromatic heterocycles. The third-order valence-corrected chi connectivity index (χ3v) is 6.08. The van der Waals surface area contributed by atoms with Crippen LogP contribution in [0, 0.1) is 0 Å². The second-order valence-corrected chi connectivity index (χ2v) is 7.55. The van der Waals surface area contributed by atoms with E-state index in [4.69, 9.17) is 10.7 Å². The van der Waals surface area contributed by atoms with Crippen LogP contribution in [0.2, 0.25) is 0 Å². The lowest BCUT2D eigenvalue weighted by molar-refractivity contribution is 0.0713. The Labute approximate surface area is 163 Å². The molecule has 0 saturated carbocycles. The van der Waals surface area contributed by atoms with Crippen molar-refractivity contribution in [2.75, 3.05) is 13.1 Å². The zero-order valence-electron chi connectivity index (χ0n) is 14.4. The molecule has 1 aliphatic rings. The first-order valence-corrected chi connectivity index (χ1v) is 9.50. The number of carbonyl (C=O) groups excluding carboxylic acids is 1. The lowest BCUT2D eigenvalue weighted by Gasteiger charge is -2.31. The summed E-state index contributed by atoms with van der Waals surface area (Å²) in [6.07, 6.45) is 1.96. The van der Waals surface area contributed by atoms with Crippen LogP contribution in [0.25, 0.3) is 10.2 Å². The molecular formula is C20H22ClN3OS.